The zero-order chi connectivity index (χ0) is 20.5. The van der Waals surface area contributed by atoms with Crippen molar-refractivity contribution in [3.05, 3.63) is 58.6 Å². The second-order valence-corrected chi connectivity index (χ2v) is 5.98. The van der Waals surface area contributed by atoms with E-state index >= 15 is 0 Å². The summed E-state index contributed by atoms with van der Waals surface area (Å²) in [5, 5.41) is 3.09. The molecule has 2 aromatic carbocycles. The Labute approximate surface area is 165 Å². The van der Waals surface area contributed by atoms with Crippen molar-refractivity contribution in [1.29, 1.82) is 0 Å². The number of carbonyl (C=O) groups excluding carboxylic acids is 2. The molecule has 28 heavy (non-hydrogen) atoms. The fourth-order valence-corrected chi connectivity index (χ4v) is 2.38. The summed E-state index contributed by atoms with van der Waals surface area (Å²) >= 11 is 5.74. The van der Waals surface area contributed by atoms with Crippen LogP contribution in [-0.2, 0) is 16.0 Å². The zero-order valence-corrected chi connectivity index (χ0v) is 15.7. The lowest BCUT2D eigenvalue weighted by atomic mass is 10.1. The van der Waals surface area contributed by atoms with Crippen molar-refractivity contribution in [2.75, 3.05) is 20.3 Å². The van der Waals surface area contributed by atoms with Gasteiger partial charge in [0.15, 0.2) is 18.1 Å². The van der Waals surface area contributed by atoms with Gasteiger partial charge in [0.1, 0.15) is 0 Å². The van der Waals surface area contributed by atoms with Gasteiger partial charge in [-0.25, -0.2) is 4.79 Å². The summed E-state index contributed by atoms with van der Waals surface area (Å²) in [5.74, 6) is -1.00. The van der Waals surface area contributed by atoms with E-state index in [0.29, 0.717) is 11.4 Å². The maximum absolute atomic E-state index is 12.3. The molecule has 0 bridgehead atoms. The summed E-state index contributed by atoms with van der Waals surface area (Å²) in [4.78, 5) is 23.6. The highest BCUT2D eigenvalue weighted by molar-refractivity contribution is 6.30. The molecule has 0 aliphatic heterocycles. The number of alkyl halides is 2. The van der Waals surface area contributed by atoms with Crippen molar-refractivity contribution in [3.63, 3.8) is 0 Å². The minimum Gasteiger partial charge on any atom is -0.493 e. The monoisotopic (exact) mass is 413 g/mol. The maximum atomic E-state index is 12.3. The number of hydrogen-bond acceptors (Lipinski definition) is 5. The first-order chi connectivity index (χ1) is 13.4. The molecule has 2 rings (SSSR count). The minimum atomic E-state index is -2.95. The molecule has 0 radical (unpaired) electrons. The lowest BCUT2D eigenvalue weighted by Crippen LogP contribution is -2.30. The van der Waals surface area contributed by atoms with E-state index in [4.69, 9.17) is 21.1 Å². The van der Waals surface area contributed by atoms with E-state index in [1.807, 2.05) is 0 Å². The number of ether oxygens (including phenoxy) is 3. The molecule has 0 aromatic heterocycles. The van der Waals surface area contributed by atoms with Gasteiger partial charge in [-0.05, 0) is 48.4 Å². The van der Waals surface area contributed by atoms with Crippen LogP contribution in [-0.4, -0.2) is 38.7 Å². The van der Waals surface area contributed by atoms with Crippen LogP contribution in [0, 0.1) is 0 Å². The van der Waals surface area contributed by atoms with Crippen LogP contribution in [0.25, 0.3) is 0 Å². The Morgan fingerprint density at radius 2 is 1.82 bits per heavy atom. The van der Waals surface area contributed by atoms with Crippen LogP contribution < -0.4 is 14.8 Å². The smallest absolute Gasteiger partial charge is 0.387 e. The molecule has 0 fully saturated rings. The molecular formula is C19H18ClF2NO5. The third-order valence-electron chi connectivity index (χ3n) is 3.59. The molecule has 1 amide bonds. The topological polar surface area (TPSA) is 73.9 Å². The van der Waals surface area contributed by atoms with Crippen LogP contribution in [0.1, 0.15) is 15.9 Å². The Balaban J connectivity index is 1.77. The van der Waals surface area contributed by atoms with E-state index in [0.717, 1.165) is 5.56 Å². The average Bonchev–Trinajstić information content (AvgIpc) is 2.67. The number of nitrogens with one attached hydrogen (secondary N) is 1. The van der Waals surface area contributed by atoms with Gasteiger partial charge in [0, 0.05) is 11.6 Å². The number of methoxy groups -OCH3 is 1. The predicted octanol–water partition coefficient (Wildman–Crippen LogP) is 3.47. The van der Waals surface area contributed by atoms with Crippen LogP contribution in [0.3, 0.4) is 0 Å². The Hall–Kier alpha value is -2.87. The zero-order valence-electron chi connectivity index (χ0n) is 14.9. The predicted molar refractivity (Wildman–Crippen MR) is 98.1 cm³/mol. The standard InChI is InChI=1S/C19H18ClF2NO5/c1-26-16-10-12(2-7-15(16)28-19(21)22)8-9-23-17(24)11-27-18(25)13-3-5-14(20)6-4-13/h2-7,10,19H,8-9,11H2,1H3,(H,23,24). The summed E-state index contributed by atoms with van der Waals surface area (Å²) < 4.78 is 38.9. The number of halogens is 3. The van der Waals surface area contributed by atoms with Crippen molar-refractivity contribution in [2.24, 2.45) is 0 Å². The second kappa shape index (κ2) is 10.5. The first-order valence-electron chi connectivity index (χ1n) is 8.20. The minimum absolute atomic E-state index is 0.0700. The van der Waals surface area contributed by atoms with Crippen LogP contribution in [0.5, 0.6) is 11.5 Å². The maximum Gasteiger partial charge on any atom is 0.387 e. The fraction of sp³-hybridized carbons (Fsp3) is 0.263. The SMILES string of the molecule is COc1cc(CCNC(=O)COC(=O)c2ccc(Cl)cc2)ccc1OC(F)F. The quantitative estimate of drug-likeness (QED) is 0.637. The molecule has 1 N–H and O–H groups in total. The van der Waals surface area contributed by atoms with E-state index in [1.165, 1.54) is 25.3 Å². The van der Waals surface area contributed by atoms with Gasteiger partial charge in [-0.15, -0.1) is 0 Å². The van der Waals surface area contributed by atoms with Gasteiger partial charge in [-0.3, -0.25) is 4.79 Å². The Morgan fingerprint density at radius 3 is 2.46 bits per heavy atom. The summed E-state index contributed by atoms with van der Waals surface area (Å²) in [7, 11) is 1.34. The Morgan fingerprint density at radius 1 is 1.11 bits per heavy atom. The van der Waals surface area contributed by atoms with Crippen molar-refractivity contribution in [3.8, 4) is 11.5 Å². The average molecular weight is 414 g/mol. The van der Waals surface area contributed by atoms with Crippen LogP contribution in [0.15, 0.2) is 42.5 Å². The van der Waals surface area contributed by atoms with Crippen LogP contribution >= 0.6 is 11.6 Å². The number of amides is 1. The van der Waals surface area contributed by atoms with Crippen LogP contribution in [0.2, 0.25) is 5.02 Å². The first kappa shape index (κ1) is 21.4. The fourth-order valence-electron chi connectivity index (χ4n) is 2.26. The number of rotatable bonds is 9. The van der Waals surface area contributed by atoms with Gasteiger partial charge in [0.2, 0.25) is 0 Å². The number of hydrogen-bond donors (Lipinski definition) is 1. The van der Waals surface area contributed by atoms with Gasteiger partial charge in [-0.2, -0.15) is 8.78 Å². The van der Waals surface area contributed by atoms with Gasteiger partial charge >= 0.3 is 12.6 Å². The third-order valence-corrected chi connectivity index (χ3v) is 3.85. The molecule has 0 heterocycles. The van der Waals surface area contributed by atoms with Gasteiger partial charge < -0.3 is 19.5 Å². The van der Waals surface area contributed by atoms with Crippen molar-refractivity contribution >= 4 is 23.5 Å². The lowest BCUT2D eigenvalue weighted by Gasteiger charge is -2.12. The van der Waals surface area contributed by atoms with Gasteiger partial charge in [0.25, 0.3) is 5.91 Å². The summed E-state index contributed by atoms with van der Waals surface area (Å²) in [6, 6.07) is 10.6. The van der Waals surface area contributed by atoms with Crippen LogP contribution in [0.4, 0.5) is 8.78 Å². The highest BCUT2D eigenvalue weighted by atomic mass is 35.5. The molecule has 0 saturated heterocycles. The van der Waals surface area contributed by atoms with Crippen molar-refractivity contribution < 1.29 is 32.6 Å². The van der Waals surface area contributed by atoms with E-state index in [1.54, 1.807) is 24.3 Å². The lowest BCUT2D eigenvalue weighted by molar-refractivity contribution is -0.124. The normalized spacial score (nSPS) is 10.5. The molecule has 0 unspecified atom stereocenters. The largest absolute Gasteiger partial charge is 0.493 e. The highest BCUT2D eigenvalue weighted by Gasteiger charge is 2.12. The molecule has 0 aliphatic carbocycles. The second-order valence-electron chi connectivity index (χ2n) is 5.55. The van der Waals surface area contributed by atoms with E-state index in [-0.39, 0.29) is 23.6 Å². The summed E-state index contributed by atoms with van der Waals surface area (Å²) in [5.41, 5.74) is 1.03. The molecule has 150 valence electrons. The number of benzene rings is 2. The molecule has 0 aliphatic rings. The Bertz CT molecular complexity index is 814. The van der Waals surface area contributed by atoms with E-state index in [9.17, 15) is 18.4 Å². The van der Waals surface area contributed by atoms with Gasteiger partial charge in [-0.1, -0.05) is 17.7 Å². The summed E-state index contributed by atoms with van der Waals surface area (Å²) in [6.07, 6.45) is 0.419. The molecule has 9 heteroatoms. The molecule has 0 saturated carbocycles. The Kier molecular flexibility index (Phi) is 8.01. The first-order valence-corrected chi connectivity index (χ1v) is 8.58. The number of carbonyl (C=O) groups is 2. The van der Waals surface area contributed by atoms with Crippen molar-refractivity contribution in [2.45, 2.75) is 13.0 Å². The number of esters is 1. The molecule has 0 atom stereocenters. The third kappa shape index (κ3) is 6.70. The van der Waals surface area contributed by atoms with Crippen molar-refractivity contribution in [1.82, 2.24) is 5.32 Å². The molecular weight excluding hydrogens is 396 g/mol. The molecule has 2 aromatic rings. The molecule has 6 nitrogen and oxygen atoms in total. The van der Waals surface area contributed by atoms with E-state index in [2.05, 4.69) is 10.1 Å². The van der Waals surface area contributed by atoms with Gasteiger partial charge in [0.05, 0.1) is 12.7 Å². The van der Waals surface area contributed by atoms with E-state index < -0.39 is 25.1 Å². The summed E-state index contributed by atoms with van der Waals surface area (Å²) in [6.45, 7) is -3.11. The highest BCUT2D eigenvalue weighted by Crippen LogP contribution is 2.29. The molecule has 0 spiro atoms.